The SMILES string of the molecule is Cc1ccc(OCCC(=O)NC(C)C)c(C=O)c1. The second-order valence-corrected chi connectivity index (χ2v) is 4.48. The standard InChI is InChI=1S/C14H19NO3/c1-10(2)15-14(17)6-7-18-13-5-4-11(3)8-12(13)9-16/h4-5,8-10H,6-7H2,1-3H3,(H,15,17). The van der Waals surface area contributed by atoms with Gasteiger partial charge in [0.1, 0.15) is 5.75 Å². The van der Waals surface area contributed by atoms with Crippen molar-refractivity contribution in [1.29, 1.82) is 0 Å². The molecule has 18 heavy (non-hydrogen) atoms. The van der Waals surface area contributed by atoms with Gasteiger partial charge in [0, 0.05) is 6.04 Å². The first kappa shape index (κ1) is 14.2. The minimum Gasteiger partial charge on any atom is -0.492 e. The highest BCUT2D eigenvalue weighted by Gasteiger charge is 2.06. The van der Waals surface area contributed by atoms with Crippen molar-refractivity contribution >= 4 is 12.2 Å². The molecule has 1 N–H and O–H groups in total. The monoisotopic (exact) mass is 249 g/mol. The second-order valence-electron chi connectivity index (χ2n) is 4.48. The summed E-state index contributed by atoms with van der Waals surface area (Å²) in [6.07, 6.45) is 1.04. The lowest BCUT2D eigenvalue weighted by Gasteiger charge is -2.10. The van der Waals surface area contributed by atoms with Gasteiger partial charge in [0.2, 0.25) is 5.91 Å². The highest BCUT2D eigenvalue weighted by Crippen LogP contribution is 2.18. The van der Waals surface area contributed by atoms with Crippen LogP contribution in [0.4, 0.5) is 0 Å². The second kappa shape index (κ2) is 6.79. The van der Waals surface area contributed by atoms with Gasteiger partial charge in [-0.05, 0) is 32.9 Å². The summed E-state index contributed by atoms with van der Waals surface area (Å²) in [5, 5.41) is 2.78. The number of carbonyl (C=O) groups excluding carboxylic acids is 2. The van der Waals surface area contributed by atoms with Gasteiger partial charge in [0.05, 0.1) is 18.6 Å². The Morgan fingerprint density at radius 3 is 2.78 bits per heavy atom. The van der Waals surface area contributed by atoms with Crippen LogP contribution in [0, 0.1) is 6.92 Å². The Morgan fingerprint density at radius 1 is 1.44 bits per heavy atom. The molecule has 0 aliphatic heterocycles. The number of amides is 1. The van der Waals surface area contributed by atoms with Crippen molar-refractivity contribution in [3.8, 4) is 5.75 Å². The molecule has 0 fully saturated rings. The van der Waals surface area contributed by atoms with E-state index in [1.54, 1.807) is 12.1 Å². The van der Waals surface area contributed by atoms with E-state index in [-0.39, 0.29) is 25.0 Å². The summed E-state index contributed by atoms with van der Waals surface area (Å²) in [6, 6.07) is 5.51. The molecular formula is C14H19NO3. The maximum Gasteiger partial charge on any atom is 0.223 e. The predicted molar refractivity (Wildman–Crippen MR) is 70.0 cm³/mol. The predicted octanol–water partition coefficient (Wildman–Crippen LogP) is 2.10. The van der Waals surface area contributed by atoms with Crippen LogP contribution >= 0.6 is 0 Å². The number of rotatable bonds is 6. The van der Waals surface area contributed by atoms with Crippen LogP contribution in [0.1, 0.15) is 36.2 Å². The van der Waals surface area contributed by atoms with Crippen molar-refractivity contribution in [2.45, 2.75) is 33.2 Å². The third-order valence-electron chi connectivity index (χ3n) is 2.33. The van der Waals surface area contributed by atoms with Gasteiger partial charge in [-0.2, -0.15) is 0 Å². The normalized spacial score (nSPS) is 10.2. The quantitative estimate of drug-likeness (QED) is 0.785. The Kier molecular flexibility index (Phi) is 5.36. The molecular weight excluding hydrogens is 230 g/mol. The molecule has 98 valence electrons. The minimum atomic E-state index is -0.0511. The van der Waals surface area contributed by atoms with Crippen LogP contribution in [-0.2, 0) is 4.79 Å². The zero-order valence-corrected chi connectivity index (χ0v) is 11.0. The average Bonchev–Trinajstić information content (AvgIpc) is 2.30. The van der Waals surface area contributed by atoms with E-state index in [0.717, 1.165) is 11.8 Å². The molecule has 0 bridgehead atoms. The van der Waals surface area contributed by atoms with E-state index in [1.807, 2.05) is 26.8 Å². The fraction of sp³-hybridized carbons (Fsp3) is 0.429. The van der Waals surface area contributed by atoms with Gasteiger partial charge in [0.15, 0.2) is 6.29 Å². The van der Waals surface area contributed by atoms with E-state index in [2.05, 4.69) is 5.32 Å². The number of hydrogen-bond acceptors (Lipinski definition) is 3. The summed E-state index contributed by atoms with van der Waals surface area (Å²) in [4.78, 5) is 22.3. The van der Waals surface area contributed by atoms with Crippen LogP contribution in [0.5, 0.6) is 5.75 Å². The maximum atomic E-state index is 11.4. The number of hydrogen-bond donors (Lipinski definition) is 1. The molecule has 0 atom stereocenters. The van der Waals surface area contributed by atoms with Crippen LogP contribution in [0.15, 0.2) is 18.2 Å². The fourth-order valence-corrected chi connectivity index (χ4v) is 1.54. The van der Waals surface area contributed by atoms with Gasteiger partial charge in [0.25, 0.3) is 0 Å². The average molecular weight is 249 g/mol. The number of aryl methyl sites for hydroxylation is 1. The molecule has 0 heterocycles. The van der Waals surface area contributed by atoms with E-state index in [1.165, 1.54) is 0 Å². The number of benzene rings is 1. The summed E-state index contributed by atoms with van der Waals surface area (Å²) < 4.78 is 5.44. The first-order valence-corrected chi connectivity index (χ1v) is 6.01. The summed E-state index contributed by atoms with van der Waals surface area (Å²) in [5.41, 5.74) is 1.52. The van der Waals surface area contributed by atoms with Crippen LogP contribution in [0.25, 0.3) is 0 Å². The van der Waals surface area contributed by atoms with Gasteiger partial charge in [-0.25, -0.2) is 0 Å². The summed E-state index contributed by atoms with van der Waals surface area (Å²) in [6.45, 7) is 5.99. The third-order valence-corrected chi connectivity index (χ3v) is 2.33. The van der Waals surface area contributed by atoms with E-state index >= 15 is 0 Å². The highest BCUT2D eigenvalue weighted by atomic mass is 16.5. The Morgan fingerprint density at radius 2 is 2.17 bits per heavy atom. The molecule has 0 radical (unpaired) electrons. The molecule has 0 saturated carbocycles. The smallest absolute Gasteiger partial charge is 0.223 e. The van der Waals surface area contributed by atoms with Crippen molar-refractivity contribution in [2.24, 2.45) is 0 Å². The molecule has 4 nitrogen and oxygen atoms in total. The van der Waals surface area contributed by atoms with Gasteiger partial charge in [-0.1, -0.05) is 11.6 Å². The molecule has 1 amide bonds. The number of aldehydes is 1. The molecule has 1 rings (SSSR count). The van der Waals surface area contributed by atoms with Gasteiger partial charge >= 0.3 is 0 Å². The number of ether oxygens (including phenoxy) is 1. The van der Waals surface area contributed by atoms with Crippen LogP contribution in [0.3, 0.4) is 0 Å². The molecule has 0 aromatic heterocycles. The summed E-state index contributed by atoms with van der Waals surface area (Å²) in [5.74, 6) is 0.470. The molecule has 1 aromatic carbocycles. The number of nitrogens with one attached hydrogen (secondary N) is 1. The van der Waals surface area contributed by atoms with Crippen molar-refractivity contribution in [1.82, 2.24) is 5.32 Å². The Bertz CT molecular complexity index is 427. The van der Waals surface area contributed by atoms with Crippen molar-refractivity contribution < 1.29 is 14.3 Å². The molecule has 0 aliphatic rings. The van der Waals surface area contributed by atoms with Crippen molar-refractivity contribution in [3.05, 3.63) is 29.3 Å². The lowest BCUT2D eigenvalue weighted by Crippen LogP contribution is -2.31. The lowest BCUT2D eigenvalue weighted by molar-refractivity contribution is -0.122. The Balaban J connectivity index is 2.49. The van der Waals surface area contributed by atoms with E-state index in [4.69, 9.17) is 4.74 Å². The first-order chi connectivity index (χ1) is 8.52. The van der Waals surface area contributed by atoms with E-state index in [9.17, 15) is 9.59 Å². The van der Waals surface area contributed by atoms with Gasteiger partial charge < -0.3 is 10.1 Å². The van der Waals surface area contributed by atoms with Crippen molar-refractivity contribution in [3.63, 3.8) is 0 Å². The Labute approximate surface area is 107 Å². The van der Waals surface area contributed by atoms with Gasteiger partial charge in [-0.3, -0.25) is 9.59 Å². The first-order valence-electron chi connectivity index (χ1n) is 6.01. The molecule has 0 unspecified atom stereocenters. The van der Waals surface area contributed by atoms with Crippen LogP contribution in [0.2, 0.25) is 0 Å². The zero-order chi connectivity index (χ0) is 13.5. The van der Waals surface area contributed by atoms with Crippen LogP contribution in [-0.4, -0.2) is 24.8 Å². The number of carbonyl (C=O) groups is 2. The molecule has 0 aliphatic carbocycles. The van der Waals surface area contributed by atoms with E-state index < -0.39 is 0 Å². The molecule has 4 heteroatoms. The summed E-state index contributed by atoms with van der Waals surface area (Å²) >= 11 is 0. The Hall–Kier alpha value is -1.84. The van der Waals surface area contributed by atoms with Crippen molar-refractivity contribution in [2.75, 3.05) is 6.61 Å². The molecule has 0 saturated heterocycles. The zero-order valence-electron chi connectivity index (χ0n) is 11.0. The fourth-order valence-electron chi connectivity index (χ4n) is 1.54. The third kappa shape index (κ3) is 4.57. The van der Waals surface area contributed by atoms with Crippen LogP contribution < -0.4 is 10.1 Å². The molecule has 0 spiro atoms. The molecule has 1 aromatic rings. The minimum absolute atomic E-state index is 0.0511. The summed E-state index contributed by atoms with van der Waals surface area (Å²) in [7, 11) is 0. The topological polar surface area (TPSA) is 55.4 Å². The lowest BCUT2D eigenvalue weighted by atomic mass is 10.1. The van der Waals surface area contributed by atoms with Gasteiger partial charge in [-0.15, -0.1) is 0 Å². The maximum absolute atomic E-state index is 11.4. The van der Waals surface area contributed by atoms with E-state index in [0.29, 0.717) is 11.3 Å². The largest absolute Gasteiger partial charge is 0.492 e. The highest BCUT2D eigenvalue weighted by molar-refractivity contribution is 5.79.